The number of hydrogen-bond acceptors (Lipinski definition) is 7. The van der Waals surface area contributed by atoms with Crippen LogP contribution in [0.2, 0.25) is 0 Å². The molecule has 3 heterocycles. The lowest BCUT2D eigenvalue weighted by Gasteiger charge is -2.32. The molecular weight excluding hydrogens is 368 g/mol. The van der Waals surface area contributed by atoms with Gasteiger partial charge in [-0.1, -0.05) is 6.07 Å². The van der Waals surface area contributed by atoms with Gasteiger partial charge < -0.3 is 19.7 Å². The summed E-state index contributed by atoms with van der Waals surface area (Å²) in [5.41, 5.74) is 3.17. The number of anilines is 3. The number of benzene rings is 1. The van der Waals surface area contributed by atoms with Crippen molar-refractivity contribution in [1.82, 2.24) is 10.3 Å². The van der Waals surface area contributed by atoms with E-state index in [0.29, 0.717) is 38.3 Å². The molecule has 4 bridgehead atoms. The predicted octanol–water partition coefficient (Wildman–Crippen LogP) is 1.86. The Kier molecular flexibility index (Phi) is 4.79. The van der Waals surface area contributed by atoms with Gasteiger partial charge in [-0.05, 0) is 36.7 Å². The van der Waals surface area contributed by atoms with Crippen LogP contribution in [0.5, 0.6) is 11.6 Å². The molecule has 0 atom stereocenters. The largest absolute Gasteiger partial charge is 0.490 e. The van der Waals surface area contributed by atoms with Gasteiger partial charge in [-0.2, -0.15) is 0 Å². The van der Waals surface area contributed by atoms with Gasteiger partial charge in [0.1, 0.15) is 18.0 Å². The average Bonchev–Trinajstić information content (AvgIpc) is 2.66. The number of aromatic nitrogens is 1. The van der Waals surface area contributed by atoms with E-state index in [0.717, 1.165) is 22.7 Å². The summed E-state index contributed by atoms with van der Waals surface area (Å²) in [7, 11) is -2.02. The molecule has 2 aromatic rings. The van der Waals surface area contributed by atoms with Crippen LogP contribution in [0, 0.1) is 0 Å². The van der Waals surface area contributed by atoms with Crippen LogP contribution in [0.4, 0.5) is 17.1 Å². The lowest BCUT2D eigenvalue weighted by atomic mass is 10.1. The van der Waals surface area contributed by atoms with Crippen molar-refractivity contribution in [3.63, 3.8) is 0 Å². The van der Waals surface area contributed by atoms with E-state index >= 15 is 0 Å². The quantitative estimate of drug-likeness (QED) is 0.768. The zero-order valence-electron chi connectivity index (χ0n) is 15.1. The van der Waals surface area contributed by atoms with Gasteiger partial charge in [0.2, 0.25) is 15.9 Å². The summed E-state index contributed by atoms with van der Waals surface area (Å²) in [4.78, 5) is 6.38. The number of fused-ring (bicyclic) bond motifs is 4. The van der Waals surface area contributed by atoms with Gasteiger partial charge in [-0.3, -0.25) is 4.72 Å². The number of sulfonamides is 1. The Balaban J connectivity index is 1.82. The molecule has 0 aliphatic carbocycles. The maximum absolute atomic E-state index is 12.4. The molecule has 0 spiro atoms. The first-order valence-corrected chi connectivity index (χ1v) is 10.5. The summed E-state index contributed by atoms with van der Waals surface area (Å²) in [6.45, 7) is 2.45. The summed E-state index contributed by atoms with van der Waals surface area (Å²) in [6, 6.07) is 7.86. The van der Waals surface area contributed by atoms with Crippen LogP contribution in [0.3, 0.4) is 0 Å². The van der Waals surface area contributed by atoms with E-state index in [-0.39, 0.29) is 11.6 Å². The van der Waals surface area contributed by atoms with Crippen LogP contribution in [-0.4, -0.2) is 46.0 Å². The fraction of sp³-hybridized carbons (Fsp3) is 0.389. The zero-order chi connectivity index (χ0) is 18.9. The highest BCUT2D eigenvalue weighted by molar-refractivity contribution is 7.92. The van der Waals surface area contributed by atoms with Crippen molar-refractivity contribution >= 4 is 27.1 Å². The molecule has 27 heavy (non-hydrogen) atoms. The molecule has 9 heteroatoms. The van der Waals surface area contributed by atoms with E-state index in [4.69, 9.17) is 9.47 Å². The van der Waals surface area contributed by atoms with E-state index in [9.17, 15) is 8.42 Å². The second kappa shape index (κ2) is 7.24. The lowest BCUT2D eigenvalue weighted by molar-refractivity contribution is 0.314. The molecule has 1 aromatic carbocycles. The molecular formula is C18H22N4O4S. The Hall–Kier alpha value is -2.52. The number of hydrogen-bond donors (Lipinski definition) is 2. The topological polar surface area (TPSA) is 92.8 Å². The van der Waals surface area contributed by atoms with Gasteiger partial charge in [0.25, 0.3) is 0 Å². The number of methoxy groups -OCH3 is 1. The van der Waals surface area contributed by atoms with E-state index < -0.39 is 10.0 Å². The number of nitrogens with zero attached hydrogens (tertiary/aromatic N) is 2. The number of ether oxygens (including phenoxy) is 2. The number of pyridine rings is 1. The summed E-state index contributed by atoms with van der Waals surface area (Å²) in [6.07, 6.45) is 2.19. The minimum absolute atomic E-state index is 0.0229. The van der Waals surface area contributed by atoms with Crippen molar-refractivity contribution in [2.75, 3.05) is 42.2 Å². The molecule has 0 fully saturated rings. The van der Waals surface area contributed by atoms with E-state index in [1.165, 1.54) is 7.11 Å². The summed E-state index contributed by atoms with van der Waals surface area (Å²) < 4.78 is 38.5. The summed E-state index contributed by atoms with van der Waals surface area (Å²) >= 11 is 0. The van der Waals surface area contributed by atoms with Crippen LogP contribution < -0.4 is 24.4 Å². The Morgan fingerprint density at radius 1 is 1.30 bits per heavy atom. The van der Waals surface area contributed by atoms with E-state index in [2.05, 4.69) is 26.0 Å². The standard InChI is InChI=1S/C18H22N4O4S/c1-25-18-15-10-14(12-20-18)22-6-7-26-17-4-3-13(9-16(17)22)11-19-5-2-8-27(23,24)21-15/h3-4,9-10,12,19,21H,2,5-8,11H2,1H3. The Bertz CT molecular complexity index is 948. The van der Waals surface area contributed by atoms with Crippen LogP contribution in [0.1, 0.15) is 12.0 Å². The molecule has 0 radical (unpaired) electrons. The van der Waals surface area contributed by atoms with Gasteiger partial charge in [-0.15, -0.1) is 0 Å². The molecule has 0 unspecified atom stereocenters. The first kappa shape index (κ1) is 17.9. The van der Waals surface area contributed by atoms with Crippen LogP contribution in [-0.2, 0) is 16.6 Å². The molecule has 0 saturated carbocycles. The predicted molar refractivity (Wildman–Crippen MR) is 103 cm³/mol. The second-order valence-corrected chi connectivity index (χ2v) is 8.35. The van der Waals surface area contributed by atoms with Gasteiger partial charge in [0.05, 0.1) is 37.0 Å². The fourth-order valence-corrected chi connectivity index (χ4v) is 4.41. The summed E-state index contributed by atoms with van der Waals surface area (Å²) in [5.74, 6) is 1.07. The average molecular weight is 390 g/mol. The first-order chi connectivity index (χ1) is 13.1. The number of rotatable bonds is 1. The Labute approximate surface area is 158 Å². The normalized spacial score (nSPS) is 18.6. The van der Waals surface area contributed by atoms with Crippen molar-refractivity contribution in [2.24, 2.45) is 0 Å². The zero-order valence-corrected chi connectivity index (χ0v) is 15.9. The van der Waals surface area contributed by atoms with Crippen molar-refractivity contribution in [1.29, 1.82) is 0 Å². The minimum Gasteiger partial charge on any atom is -0.490 e. The first-order valence-electron chi connectivity index (χ1n) is 8.84. The molecule has 2 aliphatic rings. The van der Waals surface area contributed by atoms with E-state index in [1.54, 1.807) is 12.3 Å². The molecule has 2 aliphatic heterocycles. The SMILES string of the molecule is COc1ncc2cc1NS(=O)(=O)CCCNCc1ccc3c(c1)N2CCO3. The Morgan fingerprint density at radius 3 is 3.04 bits per heavy atom. The third-order valence-corrected chi connectivity index (χ3v) is 5.95. The van der Waals surface area contributed by atoms with Crippen molar-refractivity contribution in [3.8, 4) is 11.6 Å². The number of nitrogens with one attached hydrogen (secondary N) is 2. The molecule has 4 rings (SSSR count). The third kappa shape index (κ3) is 3.79. The molecule has 0 amide bonds. The van der Waals surface area contributed by atoms with Crippen molar-refractivity contribution in [3.05, 3.63) is 36.0 Å². The van der Waals surface area contributed by atoms with Crippen LogP contribution in [0.15, 0.2) is 30.5 Å². The minimum atomic E-state index is -3.49. The van der Waals surface area contributed by atoms with Gasteiger partial charge in [0, 0.05) is 6.54 Å². The highest BCUT2D eigenvalue weighted by atomic mass is 32.2. The highest BCUT2D eigenvalue weighted by Crippen LogP contribution is 2.39. The fourth-order valence-electron chi connectivity index (χ4n) is 3.30. The lowest BCUT2D eigenvalue weighted by Crippen LogP contribution is -2.29. The smallest absolute Gasteiger partial charge is 0.238 e. The van der Waals surface area contributed by atoms with Crippen LogP contribution in [0.25, 0.3) is 0 Å². The van der Waals surface area contributed by atoms with Crippen molar-refractivity contribution in [2.45, 2.75) is 13.0 Å². The Morgan fingerprint density at radius 2 is 2.19 bits per heavy atom. The monoisotopic (exact) mass is 390 g/mol. The van der Waals surface area contributed by atoms with Gasteiger partial charge in [0.15, 0.2) is 0 Å². The molecule has 144 valence electrons. The molecule has 8 nitrogen and oxygen atoms in total. The van der Waals surface area contributed by atoms with Gasteiger partial charge >= 0.3 is 0 Å². The second-order valence-electron chi connectivity index (χ2n) is 6.50. The molecule has 2 N–H and O–H groups in total. The van der Waals surface area contributed by atoms with Gasteiger partial charge in [-0.25, -0.2) is 13.4 Å². The highest BCUT2D eigenvalue weighted by Gasteiger charge is 2.23. The van der Waals surface area contributed by atoms with Crippen molar-refractivity contribution < 1.29 is 17.9 Å². The molecule has 1 aromatic heterocycles. The third-order valence-electron chi connectivity index (χ3n) is 4.59. The maximum Gasteiger partial charge on any atom is 0.238 e. The molecule has 0 saturated heterocycles. The van der Waals surface area contributed by atoms with E-state index in [1.807, 2.05) is 12.1 Å². The maximum atomic E-state index is 12.4. The van der Waals surface area contributed by atoms with Crippen LogP contribution >= 0.6 is 0 Å². The summed E-state index contributed by atoms with van der Waals surface area (Å²) in [5, 5.41) is 3.30.